The van der Waals surface area contributed by atoms with Crippen LogP contribution in [0.5, 0.6) is 5.75 Å². The molecule has 4 rings (SSSR count). The van der Waals surface area contributed by atoms with Gasteiger partial charge in [0, 0.05) is 24.7 Å². The van der Waals surface area contributed by atoms with Gasteiger partial charge in [0.05, 0.1) is 23.6 Å². The van der Waals surface area contributed by atoms with Gasteiger partial charge in [-0.1, -0.05) is 0 Å². The highest BCUT2D eigenvalue weighted by Gasteiger charge is 2.34. The standard InChI is InChI=1S/C18H18N6O3S/c1-9-10(2)22-23-17-13(9)14(19)15(28-17)16(25)21-11-7-24(8-11)18(26)27-12-4-3-5-20-6-12/h3-6,11H,7-8,19H2,1-2H3,(H,21,25). The first-order chi connectivity index (χ1) is 13.4. The number of likely N-dealkylation sites (tertiary alicyclic amines) is 1. The Balaban J connectivity index is 1.38. The summed E-state index contributed by atoms with van der Waals surface area (Å²) in [6.45, 7) is 4.50. The number of carbonyl (C=O) groups excluding carboxylic acids is 2. The lowest BCUT2D eigenvalue weighted by Crippen LogP contribution is -2.61. The number of thiophene rings is 1. The second-order valence-corrected chi connectivity index (χ2v) is 7.57. The number of hydrogen-bond acceptors (Lipinski definition) is 8. The van der Waals surface area contributed by atoms with Crippen LogP contribution in [-0.4, -0.2) is 51.2 Å². The van der Waals surface area contributed by atoms with Crippen molar-refractivity contribution in [1.29, 1.82) is 0 Å². The average molecular weight is 398 g/mol. The topological polar surface area (TPSA) is 123 Å². The molecule has 3 aromatic rings. The zero-order valence-corrected chi connectivity index (χ0v) is 16.1. The quantitative estimate of drug-likeness (QED) is 0.690. The van der Waals surface area contributed by atoms with Crippen LogP contribution < -0.4 is 15.8 Å². The number of rotatable bonds is 3. The van der Waals surface area contributed by atoms with E-state index in [-0.39, 0.29) is 11.9 Å². The highest BCUT2D eigenvalue weighted by Crippen LogP contribution is 2.34. The lowest BCUT2D eigenvalue weighted by molar-refractivity contribution is 0.0792. The summed E-state index contributed by atoms with van der Waals surface area (Å²) in [5, 5.41) is 11.9. The van der Waals surface area contributed by atoms with E-state index in [0.29, 0.717) is 34.2 Å². The summed E-state index contributed by atoms with van der Waals surface area (Å²) in [6, 6.07) is 3.18. The number of nitrogens with two attached hydrogens (primary N) is 1. The molecule has 0 spiro atoms. The third-order valence-electron chi connectivity index (χ3n) is 4.66. The molecule has 0 aliphatic carbocycles. The minimum absolute atomic E-state index is 0.160. The summed E-state index contributed by atoms with van der Waals surface area (Å²) in [5.41, 5.74) is 8.32. The third kappa shape index (κ3) is 3.22. The fraction of sp³-hybridized carbons (Fsp3) is 0.278. The molecule has 1 aliphatic rings. The summed E-state index contributed by atoms with van der Waals surface area (Å²) in [7, 11) is 0. The second kappa shape index (κ2) is 7.04. The minimum atomic E-state index is -0.471. The van der Waals surface area contributed by atoms with Gasteiger partial charge in [-0.2, -0.15) is 5.10 Å². The second-order valence-electron chi connectivity index (χ2n) is 6.57. The number of aromatic nitrogens is 3. The molecule has 0 saturated carbocycles. The van der Waals surface area contributed by atoms with Crippen LogP contribution in [-0.2, 0) is 0 Å². The predicted molar refractivity (Wildman–Crippen MR) is 104 cm³/mol. The highest BCUT2D eigenvalue weighted by atomic mass is 32.1. The maximum Gasteiger partial charge on any atom is 0.415 e. The number of nitrogens with zero attached hydrogens (tertiary/aromatic N) is 4. The van der Waals surface area contributed by atoms with E-state index in [2.05, 4.69) is 20.5 Å². The summed E-state index contributed by atoms with van der Waals surface area (Å²) in [4.78, 5) is 31.1. The molecule has 3 N–H and O–H groups in total. The van der Waals surface area contributed by atoms with Crippen LogP contribution in [0.3, 0.4) is 0 Å². The summed E-state index contributed by atoms with van der Waals surface area (Å²) in [5.74, 6) is 0.104. The van der Waals surface area contributed by atoms with Gasteiger partial charge >= 0.3 is 6.09 Å². The van der Waals surface area contributed by atoms with E-state index < -0.39 is 6.09 Å². The van der Waals surface area contributed by atoms with Gasteiger partial charge in [-0.05, 0) is 31.5 Å². The largest absolute Gasteiger partial charge is 0.415 e. The van der Waals surface area contributed by atoms with Crippen LogP contribution in [0.15, 0.2) is 24.5 Å². The molecule has 9 nitrogen and oxygen atoms in total. The number of hydrogen-bond donors (Lipinski definition) is 2. The van der Waals surface area contributed by atoms with Crippen molar-refractivity contribution in [2.75, 3.05) is 18.8 Å². The van der Waals surface area contributed by atoms with Crippen LogP contribution in [0.25, 0.3) is 10.2 Å². The van der Waals surface area contributed by atoms with Gasteiger partial charge in [-0.3, -0.25) is 9.78 Å². The molecule has 3 aromatic heterocycles. The van der Waals surface area contributed by atoms with Gasteiger partial charge in [0.1, 0.15) is 9.71 Å². The molecular weight excluding hydrogens is 380 g/mol. The number of amides is 2. The molecule has 1 fully saturated rings. The molecule has 0 bridgehead atoms. The van der Waals surface area contributed by atoms with Gasteiger partial charge in [-0.15, -0.1) is 16.4 Å². The zero-order valence-electron chi connectivity index (χ0n) is 15.3. The van der Waals surface area contributed by atoms with Gasteiger partial charge in [0.2, 0.25) is 0 Å². The van der Waals surface area contributed by atoms with Crippen molar-refractivity contribution < 1.29 is 14.3 Å². The number of ether oxygens (including phenoxy) is 1. The lowest BCUT2D eigenvalue weighted by atomic mass is 10.1. The summed E-state index contributed by atoms with van der Waals surface area (Å²) >= 11 is 1.22. The van der Waals surface area contributed by atoms with Crippen molar-refractivity contribution in [1.82, 2.24) is 25.4 Å². The predicted octanol–water partition coefficient (Wildman–Crippen LogP) is 1.90. The SMILES string of the molecule is Cc1nnc2sc(C(=O)NC3CN(C(=O)Oc4cccnc4)C3)c(N)c2c1C. The molecule has 2 amide bonds. The zero-order chi connectivity index (χ0) is 19.8. The van der Waals surface area contributed by atoms with Crippen molar-refractivity contribution in [2.45, 2.75) is 19.9 Å². The molecule has 144 valence electrons. The van der Waals surface area contributed by atoms with Crippen LogP contribution in [0, 0.1) is 13.8 Å². The van der Waals surface area contributed by atoms with Gasteiger partial charge in [0.15, 0.2) is 5.75 Å². The number of nitrogen functional groups attached to an aromatic ring is 1. The van der Waals surface area contributed by atoms with E-state index in [1.165, 1.54) is 22.4 Å². The van der Waals surface area contributed by atoms with Crippen molar-refractivity contribution in [3.05, 3.63) is 40.7 Å². The maximum atomic E-state index is 12.6. The third-order valence-corrected chi connectivity index (χ3v) is 5.74. The maximum absolute atomic E-state index is 12.6. The Morgan fingerprint density at radius 3 is 2.82 bits per heavy atom. The molecule has 1 aliphatic heterocycles. The molecule has 0 atom stereocenters. The van der Waals surface area contributed by atoms with Crippen LogP contribution in [0.4, 0.5) is 10.5 Å². The fourth-order valence-corrected chi connectivity index (χ4v) is 3.96. The van der Waals surface area contributed by atoms with Gasteiger partial charge < -0.3 is 20.7 Å². The normalized spacial score (nSPS) is 14.0. The molecule has 0 unspecified atom stereocenters. The number of anilines is 1. The Hall–Kier alpha value is -3.27. The van der Waals surface area contributed by atoms with E-state index in [0.717, 1.165) is 16.6 Å². The Morgan fingerprint density at radius 2 is 2.11 bits per heavy atom. The Kier molecular flexibility index (Phi) is 4.55. The highest BCUT2D eigenvalue weighted by molar-refractivity contribution is 7.21. The van der Waals surface area contributed by atoms with Crippen LogP contribution in [0.1, 0.15) is 20.9 Å². The monoisotopic (exact) mass is 398 g/mol. The van der Waals surface area contributed by atoms with E-state index in [1.54, 1.807) is 18.3 Å². The van der Waals surface area contributed by atoms with Crippen molar-refractivity contribution in [2.24, 2.45) is 0 Å². The Morgan fingerprint density at radius 1 is 1.32 bits per heavy atom. The molecule has 1 saturated heterocycles. The Labute approximate surface area is 164 Å². The number of nitrogens with one attached hydrogen (secondary N) is 1. The lowest BCUT2D eigenvalue weighted by Gasteiger charge is -2.38. The fourth-order valence-electron chi connectivity index (χ4n) is 2.95. The molecule has 4 heterocycles. The number of aryl methyl sites for hydroxylation is 2. The molecule has 0 aromatic carbocycles. The van der Waals surface area contributed by atoms with Gasteiger partial charge in [-0.25, -0.2) is 4.79 Å². The van der Waals surface area contributed by atoms with E-state index in [9.17, 15) is 9.59 Å². The summed E-state index contributed by atoms with van der Waals surface area (Å²) < 4.78 is 5.22. The van der Waals surface area contributed by atoms with E-state index in [4.69, 9.17) is 10.5 Å². The average Bonchev–Trinajstić information content (AvgIpc) is 2.99. The molecule has 28 heavy (non-hydrogen) atoms. The molecular formula is C18H18N6O3S. The Bertz CT molecular complexity index is 1060. The van der Waals surface area contributed by atoms with Crippen molar-refractivity contribution in [3.8, 4) is 5.75 Å². The van der Waals surface area contributed by atoms with Crippen molar-refractivity contribution in [3.63, 3.8) is 0 Å². The first-order valence-corrected chi connectivity index (χ1v) is 9.45. The van der Waals surface area contributed by atoms with E-state index in [1.807, 2.05) is 13.8 Å². The molecule has 0 radical (unpaired) electrons. The van der Waals surface area contributed by atoms with Gasteiger partial charge in [0.25, 0.3) is 5.91 Å². The number of pyridine rings is 1. The van der Waals surface area contributed by atoms with Crippen LogP contribution >= 0.6 is 11.3 Å². The van der Waals surface area contributed by atoms with Crippen molar-refractivity contribution >= 4 is 39.2 Å². The number of fused-ring (bicyclic) bond motifs is 1. The summed E-state index contributed by atoms with van der Waals surface area (Å²) in [6.07, 6.45) is 2.59. The number of carbonyl (C=O) groups is 2. The minimum Gasteiger partial charge on any atom is -0.409 e. The van der Waals surface area contributed by atoms with E-state index >= 15 is 0 Å². The molecule has 10 heteroatoms. The smallest absolute Gasteiger partial charge is 0.409 e. The van der Waals surface area contributed by atoms with Crippen LogP contribution in [0.2, 0.25) is 0 Å². The first-order valence-electron chi connectivity index (χ1n) is 8.63. The first kappa shape index (κ1) is 18.1.